The highest BCUT2D eigenvalue weighted by Gasteiger charge is 2.08. The number of hydrogen-bond donors (Lipinski definition) is 1. The first kappa shape index (κ1) is 18.3. The predicted molar refractivity (Wildman–Crippen MR) is 95.9 cm³/mol. The lowest BCUT2D eigenvalue weighted by molar-refractivity contribution is 0.0600. The maximum absolute atomic E-state index is 11.4. The van der Waals surface area contributed by atoms with Crippen molar-refractivity contribution in [3.8, 4) is 11.3 Å². The Morgan fingerprint density at radius 1 is 1.04 bits per heavy atom. The smallest absolute Gasteiger partial charge is 0.337 e. The molecule has 0 atom stereocenters. The van der Waals surface area contributed by atoms with Crippen molar-refractivity contribution >= 4 is 5.97 Å². The van der Waals surface area contributed by atoms with Gasteiger partial charge in [0.15, 0.2) is 0 Å². The third kappa shape index (κ3) is 5.53. The van der Waals surface area contributed by atoms with Gasteiger partial charge in [0.2, 0.25) is 0 Å². The summed E-state index contributed by atoms with van der Waals surface area (Å²) in [5.74, 6) is 1.41. The normalized spacial score (nSPS) is 10.8. The molecule has 0 fully saturated rings. The van der Waals surface area contributed by atoms with Crippen LogP contribution in [0.4, 0.5) is 0 Å². The summed E-state index contributed by atoms with van der Waals surface area (Å²) in [7, 11) is 1.38. The van der Waals surface area contributed by atoms with Crippen LogP contribution < -0.4 is 5.32 Å². The molecule has 0 bridgehead atoms. The highest BCUT2D eigenvalue weighted by atomic mass is 16.5. The Kier molecular flexibility index (Phi) is 7.56. The second-order valence-corrected chi connectivity index (χ2v) is 5.93. The Morgan fingerprint density at radius 2 is 1.79 bits per heavy atom. The second kappa shape index (κ2) is 9.93. The summed E-state index contributed by atoms with van der Waals surface area (Å²) >= 11 is 0. The van der Waals surface area contributed by atoms with E-state index >= 15 is 0 Å². The maximum atomic E-state index is 11.4. The van der Waals surface area contributed by atoms with Crippen molar-refractivity contribution in [3.63, 3.8) is 0 Å². The van der Waals surface area contributed by atoms with Gasteiger partial charge in [-0.2, -0.15) is 0 Å². The third-order valence-corrected chi connectivity index (χ3v) is 4.01. The quantitative estimate of drug-likeness (QED) is 0.503. The summed E-state index contributed by atoms with van der Waals surface area (Å²) in [6, 6.07) is 11.2. The van der Waals surface area contributed by atoms with Gasteiger partial charge < -0.3 is 14.5 Å². The van der Waals surface area contributed by atoms with E-state index in [0.29, 0.717) is 5.56 Å². The van der Waals surface area contributed by atoms with E-state index in [1.165, 1.54) is 39.2 Å². The van der Waals surface area contributed by atoms with Crippen LogP contribution in [0.2, 0.25) is 0 Å². The molecule has 1 heterocycles. The number of rotatable bonds is 10. The van der Waals surface area contributed by atoms with E-state index in [4.69, 9.17) is 9.15 Å². The molecule has 4 heteroatoms. The first-order chi connectivity index (χ1) is 11.7. The molecule has 1 aromatic carbocycles. The van der Waals surface area contributed by atoms with Crippen molar-refractivity contribution in [1.82, 2.24) is 5.32 Å². The zero-order valence-corrected chi connectivity index (χ0v) is 14.6. The zero-order chi connectivity index (χ0) is 17.2. The largest absolute Gasteiger partial charge is 0.465 e. The summed E-state index contributed by atoms with van der Waals surface area (Å²) in [5.41, 5.74) is 1.49. The predicted octanol–water partition coefficient (Wildman–Crippen LogP) is 4.79. The lowest BCUT2D eigenvalue weighted by atomic mass is 10.1. The third-order valence-electron chi connectivity index (χ3n) is 4.01. The summed E-state index contributed by atoms with van der Waals surface area (Å²) in [6.07, 6.45) is 6.43. The highest BCUT2D eigenvalue weighted by molar-refractivity contribution is 5.89. The average molecular weight is 329 g/mol. The van der Waals surface area contributed by atoms with Crippen molar-refractivity contribution in [3.05, 3.63) is 47.7 Å². The molecule has 0 unspecified atom stereocenters. The highest BCUT2D eigenvalue weighted by Crippen LogP contribution is 2.22. The van der Waals surface area contributed by atoms with Crippen LogP contribution in [0.5, 0.6) is 0 Å². The molecular formula is C20H27NO3. The maximum Gasteiger partial charge on any atom is 0.337 e. The number of furan rings is 1. The van der Waals surface area contributed by atoms with Crippen molar-refractivity contribution in [2.45, 2.75) is 45.6 Å². The van der Waals surface area contributed by atoms with Gasteiger partial charge in [-0.25, -0.2) is 4.79 Å². The minimum absolute atomic E-state index is 0.329. The number of esters is 1. The van der Waals surface area contributed by atoms with E-state index in [1.807, 2.05) is 24.3 Å². The van der Waals surface area contributed by atoms with Crippen molar-refractivity contribution in [2.75, 3.05) is 13.7 Å². The summed E-state index contributed by atoms with van der Waals surface area (Å²) in [4.78, 5) is 11.4. The fraction of sp³-hybridized carbons (Fsp3) is 0.450. The molecule has 130 valence electrons. The van der Waals surface area contributed by atoms with E-state index in [9.17, 15) is 4.79 Å². The lowest BCUT2D eigenvalue weighted by Gasteiger charge is -2.03. The Balaban J connectivity index is 1.79. The molecule has 0 amide bonds. The van der Waals surface area contributed by atoms with E-state index in [1.54, 1.807) is 12.1 Å². The number of carbonyl (C=O) groups excluding carboxylic acids is 1. The van der Waals surface area contributed by atoms with Gasteiger partial charge in [0.1, 0.15) is 11.5 Å². The minimum atomic E-state index is -0.329. The second-order valence-electron chi connectivity index (χ2n) is 5.93. The Bertz CT molecular complexity index is 616. The van der Waals surface area contributed by atoms with Gasteiger partial charge >= 0.3 is 5.97 Å². The number of unbranched alkanes of at least 4 members (excludes halogenated alkanes) is 4. The number of carbonyl (C=O) groups is 1. The van der Waals surface area contributed by atoms with Crippen LogP contribution in [-0.4, -0.2) is 19.6 Å². The number of nitrogens with one attached hydrogen (secondary N) is 1. The van der Waals surface area contributed by atoms with Gasteiger partial charge in [-0.15, -0.1) is 0 Å². The van der Waals surface area contributed by atoms with Crippen molar-refractivity contribution in [2.24, 2.45) is 0 Å². The van der Waals surface area contributed by atoms with E-state index in [2.05, 4.69) is 12.2 Å². The van der Waals surface area contributed by atoms with Gasteiger partial charge in [-0.3, -0.25) is 0 Å². The molecular weight excluding hydrogens is 302 g/mol. The minimum Gasteiger partial charge on any atom is -0.465 e. The Hall–Kier alpha value is -2.07. The van der Waals surface area contributed by atoms with Crippen LogP contribution in [0.25, 0.3) is 11.3 Å². The summed E-state index contributed by atoms with van der Waals surface area (Å²) in [5, 5.41) is 3.42. The molecule has 0 saturated heterocycles. The molecule has 1 N–H and O–H groups in total. The van der Waals surface area contributed by atoms with Crippen LogP contribution in [0.3, 0.4) is 0 Å². The van der Waals surface area contributed by atoms with Gasteiger partial charge in [-0.1, -0.05) is 44.7 Å². The average Bonchev–Trinajstić information content (AvgIpc) is 3.09. The molecule has 0 radical (unpaired) electrons. The molecule has 2 rings (SSSR count). The molecule has 0 saturated carbocycles. The van der Waals surface area contributed by atoms with E-state index in [-0.39, 0.29) is 5.97 Å². The molecule has 0 aliphatic heterocycles. The van der Waals surface area contributed by atoms with Crippen LogP contribution in [0.15, 0.2) is 40.8 Å². The van der Waals surface area contributed by atoms with Crippen LogP contribution in [-0.2, 0) is 11.3 Å². The van der Waals surface area contributed by atoms with Crippen LogP contribution >= 0.6 is 0 Å². The fourth-order valence-electron chi connectivity index (χ4n) is 2.58. The first-order valence-corrected chi connectivity index (χ1v) is 8.72. The number of methoxy groups -OCH3 is 1. The molecule has 4 nitrogen and oxygen atoms in total. The Morgan fingerprint density at radius 3 is 2.50 bits per heavy atom. The zero-order valence-electron chi connectivity index (χ0n) is 14.6. The fourth-order valence-corrected chi connectivity index (χ4v) is 2.58. The monoisotopic (exact) mass is 329 g/mol. The van der Waals surface area contributed by atoms with Gasteiger partial charge in [0.25, 0.3) is 0 Å². The van der Waals surface area contributed by atoms with E-state index < -0.39 is 0 Å². The molecule has 0 aliphatic carbocycles. The van der Waals surface area contributed by atoms with Crippen LogP contribution in [0, 0.1) is 0 Å². The SMILES string of the molecule is CCCCCCCNCc1ccc(-c2ccc(C(=O)OC)cc2)o1. The molecule has 24 heavy (non-hydrogen) atoms. The molecule has 0 spiro atoms. The van der Waals surface area contributed by atoms with Gasteiger partial charge in [0.05, 0.1) is 19.2 Å². The molecule has 1 aromatic heterocycles. The topological polar surface area (TPSA) is 51.5 Å². The van der Waals surface area contributed by atoms with Gasteiger partial charge in [-0.05, 0) is 37.2 Å². The van der Waals surface area contributed by atoms with Crippen LogP contribution in [0.1, 0.15) is 55.1 Å². The number of ether oxygens (including phenoxy) is 1. The lowest BCUT2D eigenvalue weighted by Crippen LogP contribution is -2.14. The first-order valence-electron chi connectivity index (χ1n) is 8.72. The van der Waals surface area contributed by atoms with Gasteiger partial charge in [0, 0.05) is 5.56 Å². The van der Waals surface area contributed by atoms with E-state index in [0.717, 1.165) is 30.2 Å². The Labute approximate surface area is 144 Å². The summed E-state index contributed by atoms with van der Waals surface area (Å²) in [6.45, 7) is 4.00. The van der Waals surface area contributed by atoms with Crippen molar-refractivity contribution < 1.29 is 13.9 Å². The summed E-state index contributed by atoms with van der Waals surface area (Å²) < 4.78 is 10.6. The molecule has 2 aromatic rings. The van der Waals surface area contributed by atoms with Crippen molar-refractivity contribution in [1.29, 1.82) is 0 Å². The number of benzene rings is 1. The number of hydrogen-bond acceptors (Lipinski definition) is 4. The molecule has 0 aliphatic rings. The standard InChI is InChI=1S/C20H27NO3/c1-3-4-5-6-7-14-21-15-18-12-13-19(24-18)16-8-10-17(11-9-16)20(22)23-2/h8-13,21H,3-7,14-15H2,1-2H3.